The standard InChI is InChI=1S/C19H28N4O2/c1-2-25-18-7-3-6-17(20-18)21-19(24)22-12-10-16-14(13-22)5-4-11-23(16)15-8-9-15/h3,6-7,14-16H,2,4-5,8-13H2,1H3,(H,20,21,24)/t14-,16-/m1/s1. The monoisotopic (exact) mass is 344 g/mol. The van der Waals surface area contributed by atoms with Crippen molar-refractivity contribution >= 4 is 11.8 Å². The largest absolute Gasteiger partial charge is 0.478 e. The zero-order chi connectivity index (χ0) is 17.2. The van der Waals surface area contributed by atoms with Gasteiger partial charge in [-0.3, -0.25) is 10.2 Å². The summed E-state index contributed by atoms with van der Waals surface area (Å²) in [4.78, 5) is 21.7. The van der Waals surface area contributed by atoms with Crippen molar-refractivity contribution in [3.63, 3.8) is 0 Å². The Bertz CT molecular complexity index is 619. The van der Waals surface area contributed by atoms with E-state index in [1.165, 1.54) is 32.2 Å². The van der Waals surface area contributed by atoms with Crippen LogP contribution in [0.4, 0.5) is 10.6 Å². The molecule has 3 heterocycles. The molecule has 1 saturated carbocycles. The smallest absolute Gasteiger partial charge is 0.323 e. The van der Waals surface area contributed by atoms with Gasteiger partial charge in [0.05, 0.1) is 6.61 Å². The molecule has 1 N–H and O–H groups in total. The third-order valence-electron chi connectivity index (χ3n) is 5.66. The Morgan fingerprint density at radius 3 is 2.96 bits per heavy atom. The first kappa shape index (κ1) is 16.6. The highest BCUT2D eigenvalue weighted by Gasteiger charge is 2.42. The molecule has 1 aromatic rings. The fourth-order valence-electron chi connectivity index (χ4n) is 4.39. The second-order valence-electron chi connectivity index (χ2n) is 7.40. The maximum Gasteiger partial charge on any atom is 0.323 e. The van der Waals surface area contributed by atoms with Gasteiger partial charge < -0.3 is 9.64 Å². The number of hydrogen-bond acceptors (Lipinski definition) is 4. The molecule has 0 bridgehead atoms. The van der Waals surface area contributed by atoms with Crippen molar-refractivity contribution < 1.29 is 9.53 Å². The van der Waals surface area contributed by atoms with E-state index in [1.54, 1.807) is 6.07 Å². The van der Waals surface area contributed by atoms with Gasteiger partial charge in [-0.05, 0) is 57.6 Å². The number of aromatic nitrogens is 1. The second kappa shape index (κ2) is 7.20. The highest BCUT2D eigenvalue weighted by molar-refractivity contribution is 5.88. The number of urea groups is 1. The van der Waals surface area contributed by atoms with Crippen molar-refractivity contribution in [2.24, 2.45) is 5.92 Å². The lowest BCUT2D eigenvalue weighted by molar-refractivity contribution is 0.0315. The number of hydrogen-bond donors (Lipinski definition) is 1. The van der Waals surface area contributed by atoms with E-state index in [0.29, 0.717) is 30.3 Å². The maximum atomic E-state index is 12.7. The van der Waals surface area contributed by atoms with Crippen LogP contribution in [0.5, 0.6) is 5.88 Å². The lowest BCUT2D eigenvalue weighted by Crippen LogP contribution is -2.56. The third-order valence-corrected chi connectivity index (χ3v) is 5.66. The average molecular weight is 344 g/mol. The minimum atomic E-state index is -0.0388. The Morgan fingerprint density at radius 1 is 1.28 bits per heavy atom. The van der Waals surface area contributed by atoms with Gasteiger partial charge in [-0.1, -0.05) is 6.07 Å². The Balaban J connectivity index is 1.36. The summed E-state index contributed by atoms with van der Waals surface area (Å²) in [5, 5.41) is 2.93. The van der Waals surface area contributed by atoms with Crippen LogP contribution in [0.2, 0.25) is 0 Å². The first-order valence-electron chi connectivity index (χ1n) is 9.66. The van der Waals surface area contributed by atoms with Crippen LogP contribution in [-0.4, -0.2) is 59.1 Å². The van der Waals surface area contributed by atoms with Crippen molar-refractivity contribution in [3.05, 3.63) is 18.2 Å². The second-order valence-corrected chi connectivity index (χ2v) is 7.40. The number of carbonyl (C=O) groups excluding carboxylic acids is 1. The molecule has 1 aliphatic carbocycles. The Morgan fingerprint density at radius 2 is 2.16 bits per heavy atom. The maximum absolute atomic E-state index is 12.7. The number of ether oxygens (including phenoxy) is 1. The van der Waals surface area contributed by atoms with Crippen molar-refractivity contribution in [2.45, 2.75) is 51.1 Å². The summed E-state index contributed by atoms with van der Waals surface area (Å²) in [7, 11) is 0. The number of amides is 2. The van der Waals surface area contributed by atoms with Crippen molar-refractivity contribution in [3.8, 4) is 5.88 Å². The van der Waals surface area contributed by atoms with Gasteiger partial charge in [-0.25, -0.2) is 4.79 Å². The fraction of sp³-hybridized carbons (Fsp3) is 0.684. The number of nitrogens with one attached hydrogen (secondary N) is 1. The van der Waals surface area contributed by atoms with E-state index in [9.17, 15) is 4.79 Å². The van der Waals surface area contributed by atoms with Gasteiger partial charge in [-0.15, -0.1) is 0 Å². The summed E-state index contributed by atoms with van der Waals surface area (Å²) in [6.45, 7) is 5.45. The molecule has 3 fully saturated rings. The van der Waals surface area contributed by atoms with E-state index in [0.717, 1.165) is 25.6 Å². The molecule has 3 aliphatic rings. The highest BCUT2D eigenvalue weighted by Crippen LogP contribution is 2.38. The summed E-state index contributed by atoms with van der Waals surface area (Å²) in [5.41, 5.74) is 0. The van der Waals surface area contributed by atoms with Crippen molar-refractivity contribution in [2.75, 3.05) is 31.6 Å². The van der Waals surface area contributed by atoms with Gasteiger partial charge in [0.15, 0.2) is 0 Å². The first-order chi connectivity index (χ1) is 12.2. The average Bonchev–Trinajstić information content (AvgIpc) is 3.46. The van der Waals surface area contributed by atoms with Gasteiger partial charge in [0.1, 0.15) is 5.82 Å². The highest BCUT2D eigenvalue weighted by atomic mass is 16.5. The zero-order valence-corrected chi connectivity index (χ0v) is 15.0. The van der Waals surface area contributed by atoms with Gasteiger partial charge in [0.25, 0.3) is 0 Å². The molecule has 6 nitrogen and oxygen atoms in total. The molecule has 0 unspecified atom stereocenters. The lowest BCUT2D eigenvalue weighted by Gasteiger charge is -2.47. The normalized spacial score (nSPS) is 26.8. The Hall–Kier alpha value is -1.82. The number of anilines is 1. The van der Waals surface area contributed by atoms with E-state index in [2.05, 4.69) is 15.2 Å². The van der Waals surface area contributed by atoms with Gasteiger partial charge in [0.2, 0.25) is 5.88 Å². The van der Waals surface area contributed by atoms with Crippen molar-refractivity contribution in [1.29, 1.82) is 0 Å². The van der Waals surface area contributed by atoms with Crippen LogP contribution in [0.3, 0.4) is 0 Å². The van der Waals surface area contributed by atoms with Crippen LogP contribution in [-0.2, 0) is 0 Å². The molecule has 2 atom stereocenters. The summed E-state index contributed by atoms with van der Waals surface area (Å²) in [6, 6.07) is 6.95. The van der Waals surface area contributed by atoms with Gasteiger partial charge in [0, 0.05) is 31.2 Å². The Labute approximate surface area is 149 Å². The van der Waals surface area contributed by atoms with Crippen LogP contribution in [0.1, 0.15) is 39.0 Å². The van der Waals surface area contributed by atoms with E-state index < -0.39 is 0 Å². The molecule has 2 saturated heterocycles. The molecule has 2 amide bonds. The zero-order valence-electron chi connectivity index (χ0n) is 15.0. The number of fused-ring (bicyclic) bond motifs is 1. The number of piperidine rings is 2. The van der Waals surface area contributed by atoms with Crippen molar-refractivity contribution in [1.82, 2.24) is 14.8 Å². The summed E-state index contributed by atoms with van der Waals surface area (Å²) >= 11 is 0. The summed E-state index contributed by atoms with van der Waals surface area (Å²) in [6.07, 6.45) is 6.35. The molecule has 0 aromatic carbocycles. The van der Waals surface area contributed by atoms with E-state index in [4.69, 9.17) is 4.74 Å². The topological polar surface area (TPSA) is 57.7 Å². The van der Waals surface area contributed by atoms with E-state index in [-0.39, 0.29) is 6.03 Å². The summed E-state index contributed by atoms with van der Waals surface area (Å²) in [5.74, 6) is 1.73. The number of likely N-dealkylation sites (tertiary alicyclic amines) is 2. The molecule has 0 spiro atoms. The van der Waals surface area contributed by atoms with Crippen LogP contribution >= 0.6 is 0 Å². The molecule has 25 heavy (non-hydrogen) atoms. The SMILES string of the molecule is CCOc1cccc(NC(=O)N2CC[C@@H]3[C@H](CCCN3C3CC3)C2)n1. The molecule has 2 aliphatic heterocycles. The number of rotatable bonds is 4. The predicted molar refractivity (Wildman–Crippen MR) is 96.9 cm³/mol. The molecule has 4 rings (SSSR count). The molecule has 6 heteroatoms. The minimum absolute atomic E-state index is 0.0388. The molecule has 0 radical (unpaired) electrons. The number of carbonyl (C=O) groups is 1. The predicted octanol–water partition coefficient (Wildman–Crippen LogP) is 2.96. The molecular formula is C19H28N4O2. The minimum Gasteiger partial charge on any atom is -0.478 e. The fourth-order valence-corrected chi connectivity index (χ4v) is 4.39. The van der Waals surface area contributed by atoms with E-state index in [1.807, 2.05) is 24.0 Å². The lowest BCUT2D eigenvalue weighted by atomic mass is 9.84. The third kappa shape index (κ3) is 3.73. The molecule has 136 valence electrons. The summed E-state index contributed by atoms with van der Waals surface area (Å²) < 4.78 is 5.40. The van der Waals surface area contributed by atoms with E-state index >= 15 is 0 Å². The molecular weight excluding hydrogens is 316 g/mol. The number of nitrogens with zero attached hydrogens (tertiary/aromatic N) is 3. The van der Waals surface area contributed by atoms with Crippen LogP contribution in [0, 0.1) is 5.92 Å². The van der Waals surface area contributed by atoms with Crippen LogP contribution in [0.25, 0.3) is 0 Å². The van der Waals surface area contributed by atoms with Crippen LogP contribution in [0.15, 0.2) is 18.2 Å². The first-order valence-corrected chi connectivity index (χ1v) is 9.66. The Kier molecular flexibility index (Phi) is 4.79. The quantitative estimate of drug-likeness (QED) is 0.912. The molecule has 1 aromatic heterocycles. The van der Waals surface area contributed by atoms with Gasteiger partial charge >= 0.3 is 6.03 Å². The number of pyridine rings is 1. The van der Waals surface area contributed by atoms with Crippen LogP contribution < -0.4 is 10.1 Å². The van der Waals surface area contributed by atoms with Gasteiger partial charge in [-0.2, -0.15) is 4.98 Å².